The van der Waals surface area contributed by atoms with Crippen molar-refractivity contribution in [1.82, 2.24) is 9.97 Å². The summed E-state index contributed by atoms with van der Waals surface area (Å²) in [5.41, 5.74) is 12.5. The van der Waals surface area contributed by atoms with Crippen LogP contribution in [0.3, 0.4) is 0 Å². The van der Waals surface area contributed by atoms with Crippen LogP contribution in [0.1, 0.15) is 95.0 Å². The van der Waals surface area contributed by atoms with Gasteiger partial charge in [-0.1, -0.05) is 46.0 Å². The van der Waals surface area contributed by atoms with E-state index in [-0.39, 0.29) is 23.9 Å². The molecule has 2 aliphatic rings. The predicted octanol–water partition coefficient (Wildman–Crippen LogP) is 4.56. The SMILES string of the molecule is CCCCC(CC)COC(=O)CCSc1nc(C(N)=O)c(N2CCC3(CCCC3)CC2)nc1N. The van der Waals surface area contributed by atoms with Crippen molar-refractivity contribution in [3.05, 3.63) is 5.69 Å². The summed E-state index contributed by atoms with van der Waals surface area (Å²) < 4.78 is 5.46. The number of carbonyl (C=O) groups is 2. The average molecular weight is 492 g/mol. The molecule has 0 bridgehead atoms. The van der Waals surface area contributed by atoms with Gasteiger partial charge < -0.3 is 21.1 Å². The largest absolute Gasteiger partial charge is 0.465 e. The number of nitrogen functional groups attached to an aromatic ring is 1. The average Bonchev–Trinajstić information content (AvgIpc) is 3.28. The van der Waals surface area contributed by atoms with E-state index in [4.69, 9.17) is 16.2 Å². The minimum atomic E-state index is -0.609. The van der Waals surface area contributed by atoms with Crippen LogP contribution in [0.5, 0.6) is 0 Å². The van der Waals surface area contributed by atoms with Gasteiger partial charge in [0.2, 0.25) is 0 Å². The number of aromatic nitrogens is 2. The Kier molecular flexibility index (Phi) is 9.85. The summed E-state index contributed by atoms with van der Waals surface area (Å²) in [6.45, 7) is 6.44. The molecular weight excluding hydrogens is 450 g/mol. The fourth-order valence-electron chi connectivity index (χ4n) is 5.15. The quantitative estimate of drug-likeness (QED) is 0.322. The van der Waals surface area contributed by atoms with Crippen LogP contribution in [0, 0.1) is 11.3 Å². The summed E-state index contributed by atoms with van der Waals surface area (Å²) in [6, 6.07) is 0. The molecule has 2 fully saturated rings. The number of nitrogens with zero attached hydrogens (tertiary/aromatic N) is 3. The van der Waals surface area contributed by atoms with Crippen LogP contribution in [0.2, 0.25) is 0 Å². The van der Waals surface area contributed by atoms with Gasteiger partial charge in [0.25, 0.3) is 5.91 Å². The van der Waals surface area contributed by atoms with E-state index in [1.54, 1.807) is 0 Å². The number of esters is 1. The molecule has 0 radical (unpaired) electrons. The fourth-order valence-corrected chi connectivity index (χ4v) is 5.96. The lowest BCUT2D eigenvalue weighted by molar-refractivity contribution is -0.144. The van der Waals surface area contributed by atoms with E-state index in [1.807, 2.05) is 0 Å². The maximum atomic E-state index is 12.2. The highest BCUT2D eigenvalue weighted by atomic mass is 32.2. The zero-order valence-corrected chi connectivity index (χ0v) is 21.6. The van der Waals surface area contributed by atoms with Crippen molar-refractivity contribution in [2.75, 3.05) is 36.1 Å². The Hall–Kier alpha value is -2.03. The summed E-state index contributed by atoms with van der Waals surface area (Å²) in [4.78, 5) is 35.4. The van der Waals surface area contributed by atoms with Crippen molar-refractivity contribution in [1.29, 1.82) is 0 Å². The zero-order chi connectivity index (χ0) is 24.6. The highest BCUT2D eigenvalue weighted by Crippen LogP contribution is 2.46. The molecule has 8 nitrogen and oxygen atoms in total. The number of anilines is 2. The molecule has 4 N–H and O–H groups in total. The lowest BCUT2D eigenvalue weighted by atomic mass is 9.77. The first-order chi connectivity index (χ1) is 16.4. The van der Waals surface area contributed by atoms with Crippen LogP contribution >= 0.6 is 11.8 Å². The van der Waals surface area contributed by atoms with Crippen molar-refractivity contribution >= 4 is 35.3 Å². The monoisotopic (exact) mass is 491 g/mol. The van der Waals surface area contributed by atoms with Crippen LogP contribution in [-0.2, 0) is 9.53 Å². The molecule has 34 heavy (non-hydrogen) atoms. The topological polar surface area (TPSA) is 124 Å². The molecule has 1 saturated heterocycles. The molecule has 0 aromatic carbocycles. The third-order valence-electron chi connectivity index (χ3n) is 7.46. The third kappa shape index (κ3) is 6.99. The number of primary amides is 1. The second-order valence-electron chi connectivity index (χ2n) is 9.84. The van der Waals surface area contributed by atoms with Crippen molar-refractivity contribution in [2.24, 2.45) is 17.1 Å². The van der Waals surface area contributed by atoms with Crippen LogP contribution < -0.4 is 16.4 Å². The van der Waals surface area contributed by atoms with E-state index < -0.39 is 5.91 Å². The van der Waals surface area contributed by atoms with Crippen LogP contribution in [0.4, 0.5) is 11.6 Å². The van der Waals surface area contributed by atoms with Gasteiger partial charge in [-0.2, -0.15) is 0 Å². The van der Waals surface area contributed by atoms with E-state index in [1.165, 1.54) is 37.4 Å². The summed E-state index contributed by atoms with van der Waals surface area (Å²) in [5, 5.41) is 0.434. The number of piperidine rings is 1. The fraction of sp³-hybridized carbons (Fsp3) is 0.760. The number of carbonyl (C=O) groups excluding carboxylic acids is 2. The summed E-state index contributed by atoms with van der Waals surface area (Å²) in [7, 11) is 0. The van der Waals surface area contributed by atoms with Crippen LogP contribution in [-0.4, -0.2) is 47.3 Å². The molecule has 1 aliphatic heterocycles. The maximum Gasteiger partial charge on any atom is 0.306 e. The first-order valence-corrected chi connectivity index (χ1v) is 13.9. The minimum absolute atomic E-state index is 0.156. The normalized spacial score (nSPS) is 18.2. The molecule has 1 amide bonds. The lowest BCUT2D eigenvalue weighted by Crippen LogP contribution is -2.40. The summed E-state index contributed by atoms with van der Waals surface area (Å²) in [5.74, 6) is 0.789. The summed E-state index contributed by atoms with van der Waals surface area (Å²) in [6.07, 6.45) is 12.1. The molecule has 9 heteroatoms. The molecule has 190 valence electrons. The third-order valence-corrected chi connectivity index (χ3v) is 8.44. The van der Waals surface area contributed by atoms with E-state index in [0.29, 0.717) is 34.5 Å². The molecule has 1 spiro atoms. The van der Waals surface area contributed by atoms with Crippen molar-refractivity contribution in [2.45, 2.75) is 89.5 Å². The Morgan fingerprint density at radius 3 is 2.47 bits per heavy atom. The number of hydrogen-bond donors (Lipinski definition) is 2. The second-order valence-corrected chi connectivity index (χ2v) is 10.9. The molecule has 1 aromatic rings. The van der Waals surface area contributed by atoms with Gasteiger partial charge in [0.15, 0.2) is 17.3 Å². The molecule has 1 unspecified atom stereocenters. The van der Waals surface area contributed by atoms with Crippen molar-refractivity contribution in [3.63, 3.8) is 0 Å². The Morgan fingerprint density at radius 2 is 1.85 bits per heavy atom. The second kappa shape index (κ2) is 12.6. The standard InChI is InChI=1S/C25H41N5O3S/c1-3-5-8-18(4-2)17-33-19(31)9-16-34-24-21(26)29-23(20(28-24)22(27)32)30-14-12-25(13-15-30)10-6-7-11-25/h18H,3-17H2,1-2H3,(H2,26,29)(H2,27,32). The highest BCUT2D eigenvalue weighted by Gasteiger charge is 2.38. The van der Waals surface area contributed by atoms with Crippen LogP contribution in [0.25, 0.3) is 0 Å². The maximum absolute atomic E-state index is 12.2. The van der Waals surface area contributed by atoms with Gasteiger partial charge in [-0.15, -0.1) is 11.8 Å². The van der Waals surface area contributed by atoms with Gasteiger partial charge in [-0.3, -0.25) is 9.59 Å². The highest BCUT2D eigenvalue weighted by molar-refractivity contribution is 7.99. The van der Waals surface area contributed by atoms with Gasteiger partial charge >= 0.3 is 5.97 Å². The van der Waals surface area contributed by atoms with Gasteiger partial charge in [-0.05, 0) is 43.4 Å². The predicted molar refractivity (Wildman–Crippen MR) is 137 cm³/mol. The van der Waals surface area contributed by atoms with Crippen molar-refractivity contribution in [3.8, 4) is 0 Å². The number of hydrogen-bond acceptors (Lipinski definition) is 8. The minimum Gasteiger partial charge on any atom is -0.465 e. The number of nitrogens with two attached hydrogens (primary N) is 2. The molecule has 1 saturated carbocycles. The van der Waals surface area contributed by atoms with Crippen LogP contribution in [0.15, 0.2) is 5.03 Å². The van der Waals surface area contributed by atoms with Gasteiger partial charge in [0, 0.05) is 18.8 Å². The van der Waals surface area contributed by atoms with Crippen molar-refractivity contribution < 1.29 is 14.3 Å². The Labute approximate surface area is 208 Å². The number of ether oxygens (including phenoxy) is 1. The molecule has 3 rings (SSSR count). The lowest BCUT2D eigenvalue weighted by Gasteiger charge is -2.40. The van der Waals surface area contributed by atoms with E-state index in [9.17, 15) is 9.59 Å². The molecule has 1 atom stereocenters. The van der Waals surface area contributed by atoms with Gasteiger partial charge in [0.05, 0.1) is 13.0 Å². The number of amides is 1. The Morgan fingerprint density at radius 1 is 1.15 bits per heavy atom. The first kappa shape index (κ1) is 26.6. The molecule has 2 heterocycles. The first-order valence-electron chi connectivity index (χ1n) is 12.9. The number of unbranched alkanes of at least 4 members (excludes halogenated alkanes) is 1. The van der Waals surface area contributed by atoms with E-state index >= 15 is 0 Å². The zero-order valence-electron chi connectivity index (χ0n) is 20.8. The number of thioether (sulfide) groups is 1. The molecular formula is C25H41N5O3S. The Balaban J connectivity index is 1.55. The smallest absolute Gasteiger partial charge is 0.306 e. The Bertz CT molecular complexity index is 834. The molecule has 1 aliphatic carbocycles. The summed E-state index contributed by atoms with van der Waals surface area (Å²) >= 11 is 1.31. The molecule has 1 aromatic heterocycles. The van der Waals surface area contributed by atoms with E-state index in [2.05, 4.69) is 28.7 Å². The number of rotatable bonds is 12. The van der Waals surface area contributed by atoms with Gasteiger partial charge in [-0.25, -0.2) is 9.97 Å². The van der Waals surface area contributed by atoms with Gasteiger partial charge in [0.1, 0.15) is 5.03 Å². The van der Waals surface area contributed by atoms with E-state index in [0.717, 1.165) is 51.6 Å².